The Labute approximate surface area is 130 Å². The standard InChI is InChI=1S/C12H10Cl2N4OS/c1-18-6-7(5-15-18)11(19)17-12(20)16-10-4-8(13)2-3-9(10)14/h2-6H,1H3,(H2,16,17,19,20). The second-order valence-corrected chi connectivity index (χ2v) is 5.19. The zero-order valence-electron chi connectivity index (χ0n) is 10.4. The first-order valence-corrected chi connectivity index (χ1v) is 6.68. The van der Waals surface area contributed by atoms with Crippen LogP contribution in [0.2, 0.25) is 10.0 Å². The zero-order valence-corrected chi connectivity index (χ0v) is 12.7. The smallest absolute Gasteiger partial charge is 0.260 e. The van der Waals surface area contributed by atoms with Crippen LogP contribution in [-0.4, -0.2) is 20.8 Å². The Morgan fingerprint density at radius 2 is 2.15 bits per heavy atom. The normalized spacial score (nSPS) is 10.2. The number of carbonyl (C=O) groups excluding carboxylic acids is 1. The van der Waals surface area contributed by atoms with Crippen molar-refractivity contribution in [1.82, 2.24) is 15.1 Å². The van der Waals surface area contributed by atoms with Gasteiger partial charge in [0.25, 0.3) is 5.91 Å². The number of rotatable bonds is 2. The van der Waals surface area contributed by atoms with Gasteiger partial charge in [0, 0.05) is 18.3 Å². The van der Waals surface area contributed by atoms with E-state index in [4.69, 9.17) is 35.4 Å². The molecule has 0 aliphatic carbocycles. The highest BCUT2D eigenvalue weighted by molar-refractivity contribution is 7.80. The molecule has 0 unspecified atom stereocenters. The molecular formula is C12H10Cl2N4OS. The maximum Gasteiger partial charge on any atom is 0.260 e. The number of nitrogens with one attached hydrogen (secondary N) is 2. The van der Waals surface area contributed by atoms with Gasteiger partial charge in [-0.25, -0.2) is 0 Å². The highest BCUT2D eigenvalue weighted by Gasteiger charge is 2.10. The molecule has 8 heteroatoms. The minimum absolute atomic E-state index is 0.128. The molecule has 0 fully saturated rings. The lowest BCUT2D eigenvalue weighted by Gasteiger charge is -2.10. The van der Waals surface area contributed by atoms with E-state index in [1.807, 2.05) is 0 Å². The number of thiocarbonyl (C=S) groups is 1. The summed E-state index contributed by atoms with van der Waals surface area (Å²) < 4.78 is 1.53. The van der Waals surface area contributed by atoms with E-state index >= 15 is 0 Å². The van der Waals surface area contributed by atoms with Crippen LogP contribution >= 0.6 is 35.4 Å². The molecule has 2 N–H and O–H groups in total. The summed E-state index contributed by atoms with van der Waals surface area (Å²) in [6, 6.07) is 4.91. The van der Waals surface area contributed by atoms with Crippen LogP contribution in [0.5, 0.6) is 0 Å². The van der Waals surface area contributed by atoms with Crippen LogP contribution in [0.1, 0.15) is 10.4 Å². The van der Waals surface area contributed by atoms with Gasteiger partial charge in [-0.15, -0.1) is 0 Å². The maximum atomic E-state index is 11.9. The third-order valence-electron chi connectivity index (χ3n) is 2.37. The fraction of sp³-hybridized carbons (Fsp3) is 0.0833. The van der Waals surface area contributed by atoms with Crippen molar-refractivity contribution >= 4 is 52.1 Å². The molecule has 0 bridgehead atoms. The van der Waals surface area contributed by atoms with Crippen molar-refractivity contribution in [2.45, 2.75) is 0 Å². The first-order chi connectivity index (χ1) is 9.45. The van der Waals surface area contributed by atoms with E-state index in [-0.39, 0.29) is 11.0 Å². The van der Waals surface area contributed by atoms with Crippen LogP contribution in [0.3, 0.4) is 0 Å². The van der Waals surface area contributed by atoms with E-state index in [1.54, 1.807) is 31.4 Å². The molecular weight excluding hydrogens is 319 g/mol. The van der Waals surface area contributed by atoms with Gasteiger partial charge in [-0.3, -0.25) is 14.8 Å². The highest BCUT2D eigenvalue weighted by Crippen LogP contribution is 2.25. The predicted molar refractivity (Wildman–Crippen MR) is 83.4 cm³/mol. The summed E-state index contributed by atoms with van der Waals surface area (Å²) in [5.41, 5.74) is 0.935. The highest BCUT2D eigenvalue weighted by atomic mass is 35.5. The van der Waals surface area contributed by atoms with Crippen molar-refractivity contribution in [3.63, 3.8) is 0 Å². The molecule has 1 heterocycles. The molecule has 1 aromatic heterocycles. The number of amides is 1. The molecule has 20 heavy (non-hydrogen) atoms. The predicted octanol–water partition coefficient (Wildman–Crippen LogP) is 2.85. The van der Waals surface area contributed by atoms with Crippen molar-refractivity contribution in [2.24, 2.45) is 7.05 Å². The van der Waals surface area contributed by atoms with Gasteiger partial charge in [-0.2, -0.15) is 5.10 Å². The van der Waals surface area contributed by atoms with Gasteiger partial charge in [0.15, 0.2) is 5.11 Å². The quantitative estimate of drug-likeness (QED) is 0.832. The molecule has 0 saturated heterocycles. The number of nitrogens with zero attached hydrogens (tertiary/aromatic N) is 2. The summed E-state index contributed by atoms with van der Waals surface area (Å²) in [4.78, 5) is 11.9. The fourth-order valence-corrected chi connectivity index (χ4v) is 2.00. The van der Waals surface area contributed by atoms with Crippen molar-refractivity contribution in [3.05, 3.63) is 46.2 Å². The third kappa shape index (κ3) is 3.69. The minimum atomic E-state index is -0.353. The summed E-state index contributed by atoms with van der Waals surface area (Å²) in [6.07, 6.45) is 3.04. The molecule has 0 saturated carbocycles. The first kappa shape index (κ1) is 14.8. The van der Waals surface area contributed by atoms with Gasteiger partial charge in [0.2, 0.25) is 0 Å². The van der Waals surface area contributed by atoms with Crippen LogP contribution in [0.4, 0.5) is 5.69 Å². The Hall–Kier alpha value is -1.63. The average molecular weight is 329 g/mol. The average Bonchev–Trinajstić information content (AvgIpc) is 2.80. The van der Waals surface area contributed by atoms with E-state index in [1.165, 1.54) is 10.9 Å². The molecule has 1 aromatic carbocycles. The van der Waals surface area contributed by atoms with E-state index in [0.717, 1.165) is 0 Å². The van der Waals surface area contributed by atoms with Gasteiger partial charge in [-0.1, -0.05) is 23.2 Å². The number of aryl methyl sites for hydroxylation is 1. The van der Waals surface area contributed by atoms with Crippen LogP contribution in [0.15, 0.2) is 30.6 Å². The minimum Gasteiger partial charge on any atom is -0.331 e. The Kier molecular flexibility index (Phi) is 4.59. The van der Waals surface area contributed by atoms with Gasteiger partial charge >= 0.3 is 0 Å². The molecule has 0 aliphatic rings. The largest absolute Gasteiger partial charge is 0.331 e. The molecule has 104 valence electrons. The van der Waals surface area contributed by atoms with Crippen LogP contribution in [0.25, 0.3) is 0 Å². The Bertz CT molecular complexity index is 671. The Morgan fingerprint density at radius 3 is 2.80 bits per heavy atom. The number of hydrogen-bond acceptors (Lipinski definition) is 3. The maximum absolute atomic E-state index is 11.9. The second kappa shape index (κ2) is 6.21. The van der Waals surface area contributed by atoms with E-state index in [0.29, 0.717) is 21.3 Å². The van der Waals surface area contributed by atoms with Gasteiger partial charge < -0.3 is 5.32 Å². The molecule has 2 aromatic rings. The number of anilines is 1. The summed E-state index contributed by atoms with van der Waals surface area (Å²) >= 11 is 16.9. The van der Waals surface area contributed by atoms with Crippen molar-refractivity contribution in [3.8, 4) is 0 Å². The van der Waals surface area contributed by atoms with E-state index < -0.39 is 0 Å². The lowest BCUT2D eigenvalue weighted by Crippen LogP contribution is -2.34. The molecule has 0 aliphatic heterocycles. The number of carbonyl (C=O) groups is 1. The van der Waals surface area contributed by atoms with Gasteiger partial charge in [-0.05, 0) is 30.4 Å². The van der Waals surface area contributed by atoms with Gasteiger partial charge in [0.1, 0.15) is 0 Å². The Morgan fingerprint density at radius 1 is 1.40 bits per heavy atom. The number of aromatic nitrogens is 2. The fourth-order valence-electron chi connectivity index (χ4n) is 1.46. The number of halogens is 2. The lowest BCUT2D eigenvalue weighted by molar-refractivity contribution is 0.0977. The van der Waals surface area contributed by atoms with Crippen LogP contribution in [0, 0.1) is 0 Å². The molecule has 0 radical (unpaired) electrons. The third-order valence-corrected chi connectivity index (χ3v) is 3.14. The lowest BCUT2D eigenvalue weighted by atomic mass is 10.3. The van der Waals surface area contributed by atoms with E-state index in [9.17, 15) is 4.79 Å². The number of benzene rings is 1. The summed E-state index contributed by atoms with van der Waals surface area (Å²) in [5.74, 6) is -0.353. The van der Waals surface area contributed by atoms with Crippen molar-refractivity contribution in [1.29, 1.82) is 0 Å². The summed E-state index contributed by atoms with van der Waals surface area (Å²) in [7, 11) is 1.72. The number of hydrogen-bond donors (Lipinski definition) is 2. The monoisotopic (exact) mass is 328 g/mol. The Balaban J connectivity index is 2.02. The van der Waals surface area contributed by atoms with Gasteiger partial charge in [0.05, 0.1) is 22.5 Å². The first-order valence-electron chi connectivity index (χ1n) is 5.52. The second-order valence-electron chi connectivity index (χ2n) is 3.94. The van der Waals surface area contributed by atoms with Crippen LogP contribution in [-0.2, 0) is 7.05 Å². The molecule has 2 rings (SSSR count). The molecule has 0 spiro atoms. The van der Waals surface area contributed by atoms with Crippen molar-refractivity contribution in [2.75, 3.05) is 5.32 Å². The summed E-state index contributed by atoms with van der Waals surface area (Å²) in [6.45, 7) is 0. The topological polar surface area (TPSA) is 59.0 Å². The zero-order chi connectivity index (χ0) is 14.7. The van der Waals surface area contributed by atoms with E-state index in [2.05, 4.69) is 15.7 Å². The molecule has 0 atom stereocenters. The molecule has 5 nitrogen and oxygen atoms in total. The summed E-state index contributed by atoms with van der Waals surface area (Å²) in [5, 5.41) is 10.3. The SMILES string of the molecule is Cn1cc(C(=O)NC(=S)Nc2cc(Cl)ccc2Cl)cn1. The van der Waals surface area contributed by atoms with Crippen molar-refractivity contribution < 1.29 is 4.79 Å². The molecule has 1 amide bonds. The van der Waals surface area contributed by atoms with Crippen LogP contribution < -0.4 is 10.6 Å².